The van der Waals surface area contributed by atoms with E-state index in [1.54, 1.807) is 0 Å². The van der Waals surface area contributed by atoms with E-state index in [1.807, 2.05) is 0 Å². The van der Waals surface area contributed by atoms with Crippen molar-refractivity contribution in [3.63, 3.8) is 0 Å². The third kappa shape index (κ3) is 6.05. The molecule has 0 aromatic heterocycles. The van der Waals surface area contributed by atoms with Crippen molar-refractivity contribution in [2.24, 2.45) is 0 Å². The first-order valence-corrected chi connectivity index (χ1v) is 6.79. The fraction of sp³-hybridized carbons (Fsp3) is 0.353. The van der Waals surface area contributed by atoms with E-state index in [0.717, 1.165) is 12.8 Å². The average Bonchev–Trinajstić information content (AvgIpc) is 2.37. The number of aryl methyl sites for hydroxylation is 1. The van der Waals surface area contributed by atoms with Gasteiger partial charge in [0.05, 0.1) is 0 Å². The Balaban J connectivity index is 2.68. The van der Waals surface area contributed by atoms with Crippen LogP contribution in [0.15, 0.2) is 30.4 Å². The molecule has 0 saturated heterocycles. The van der Waals surface area contributed by atoms with E-state index in [4.69, 9.17) is 5.11 Å². The van der Waals surface area contributed by atoms with E-state index < -0.39 is 5.97 Å². The van der Waals surface area contributed by atoms with Gasteiger partial charge in [-0.25, -0.2) is 0 Å². The fourth-order valence-corrected chi connectivity index (χ4v) is 1.82. The Kier molecular flexibility index (Phi) is 6.65. The van der Waals surface area contributed by atoms with Gasteiger partial charge in [-0.1, -0.05) is 55.0 Å². The fourth-order valence-electron chi connectivity index (χ4n) is 1.82. The van der Waals surface area contributed by atoms with Crippen LogP contribution in [0.25, 0.3) is 12.2 Å². The summed E-state index contributed by atoms with van der Waals surface area (Å²) < 4.78 is 0. The third-order valence-electron chi connectivity index (χ3n) is 2.83. The molecule has 0 unspecified atom stereocenters. The molecular weight excluding hydrogens is 236 g/mol. The normalized spacial score (nSPS) is 11.5. The molecule has 1 aromatic carbocycles. The Morgan fingerprint density at radius 2 is 1.95 bits per heavy atom. The number of allylic oxidation sites excluding steroid dienone is 2. The Hall–Kier alpha value is -1.83. The summed E-state index contributed by atoms with van der Waals surface area (Å²) >= 11 is 0. The van der Waals surface area contributed by atoms with Crippen LogP contribution < -0.4 is 0 Å². The summed E-state index contributed by atoms with van der Waals surface area (Å²) in [6.07, 6.45) is 11.2. The van der Waals surface area contributed by atoms with Crippen LogP contribution in [0.3, 0.4) is 0 Å². The maximum absolute atomic E-state index is 10.4. The molecule has 0 bridgehead atoms. The first kappa shape index (κ1) is 15.2. The second-order valence-electron chi connectivity index (χ2n) is 4.63. The zero-order chi connectivity index (χ0) is 14.1. The Labute approximate surface area is 115 Å². The minimum absolute atomic E-state index is 0.237. The van der Waals surface area contributed by atoms with E-state index in [1.165, 1.54) is 16.7 Å². The predicted molar refractivity (Wildman–Crippen MR) is 81.0 cm³/mol. The highest BCUT2D eigenvalue weighted by Gasteiger charge is 1.97. The van der Waals surface area contributed by atoms with E-state index in [0.29, 0.717) is 6.42 Å². The van der Waals surface area contributed by atoms with Crippen LogP contribution in [0, 0.1) is 6.92 Å². The smallest absolute Gasteiger partial charge is 0.303 e. The van der Waals surface area contributed by atoms with Crippen LogP contribution in [0.1, 0.15) is 49.3 Å². The monoisotopic (exact) mass is 258 g/mol. The van der Waals surface area contributed by atoms with Crippen LogP contribution in [0.5, 0.6) is 0 Å². The summed E-state index contributed by atoms with van der Waals surface area (Å²) in [4.78, 5) is 10.4. The summed E-state index contributed by atoms with van der Waals surface area (Å²) in [5.41, 5.74) is 3.65. The van der Waals surface area contributed by atoms with Gasteiger partial charge in [-0.05, 0) is 37.3 Å². The number of aliphatic carboxylic acids is 1. The third-order valence-corrected chi connectivity index (χ3v) is 2.83. The molecule has 19 heavy (non-hydrogen) atoms. The molecule has 0 spiro atoms. The number of benzene rings is 1. The standard InChI is InChI=1S/C17H22O2/c1-3-4-8-16-13-14(2)11-12-15(16)9-6-5-7-10-17(18)19/h4,6,8-9,11-13H,3,5,7,10H2,1-2H3,(H,18,19). The van der Waals surface area contributed by atoms with Gasteiger partial charge < -0.3 is 5.11 Å². The minimum atomic E-state index is -0.727. The van der Waals surface area contributed by atoms with Crippen molar-refractivity contribution in [3.8, 4) is 0 Å². The van der Waals surface area contributed by atoms with Crippen LogP contribution in [-0.4, -0.2) is 11.1 Å². The molecule has 2 heteroatoms. The zero-order valence-electron chi connectivity index (χ0n) is 11.7. The lowest BCUT2D eigenvalue weighted by atomic mass is 10.0. The second-order valence-corrected chi connectivity index (χ2v) is 4.63. The Morgan fingerprint density at radius 3 is 2.63 bits per heavy atom. The summed E-state index contributed by atoms with van der Waals surface area (Å²) in [7, 11) is 0. The molecule has 0 saturated carbocycles. The van der Waals surface area contributed by atoms with Gasteiger partial charge in [0.2, 0.25) is 0 Å². The van der Waals surface area contributed by atoms with Gasteiger partial charge in [-0.3, -0.25) is 4.79 Å². The predicted octanol–water partition coefficient (Wildman–Crippen LogP) is 4.69. The zero-order valence-corrected chi connectivity index (χ0v) is 11.7. The lowest BCUT2D eigenvalue weighted by Crippen LogP contribution is -1.92. The number of carboxylic acids is 1. The molecule has 1 aromatic rings. The lowest BCUT2D eigenvalue weighted by Gasteiger charge is -2.03. The van der Waals surface area contributed by atoms with E-state index in [2.05, 4.69) is 56.4 Å². The van der Waals surface area contributed by atoms with Gasteiger partial charge in [0, 0.05) is 6.42 Å². The first-order chi connectivity index (χ1) is 9.13. The summed E-state index contributed by atoms with van der Waals surface area (Å²) in [6, 6.07) is 6.38. The molecule has 1 N–H and O–H groups in total. The second kappa shape index (κ2) is 8.30. The number of hydrogen-bond donors (Lipinski definition) is 1. The average molecular weight is 258 g/mol. The van der Waals surface area contributed by atoms with Crippen molar-refractivity contribution in [1.82, 2.24) is 0 Å². The van der Waals surface area contributed by atoms with Crippen molar-refractivity contribution in [2.75, 3.05) is 0 Å². The molecule has 0 fully saturated rings. The van der Waals surface area contributed by atoms with E-state index in [-0.39, 0.29) is 6.42 Å². The molecular formula is C17H22O2. The molecule has 1 rings (SSSR count). The van der Waals surface area contributed by atoms with Gasteiger partial charge in [0.15, 0.2) is 0 Å². The maximum atomic E-state index is 10.4. The van der Waals surface area contributed by atoms with Crippen molar-refractivity contribution < 1.29 is 9.90 Å². The van der Waals surface area contributed by atoms with Crippen LogP contribution >= 0.6 is 0 Å². The molecule has 0 atom stereocenters. The summed E-state index contributed by atoms with van der Waals surface area (Å²) in [6.45, 7) is 4.21. The van der Waals surface area contributed by atoms with Gasteiger partial charge in [-0.15, -0.1) is 0 Å². The van der Waals surface area contributed by atoms with Gasteiger partial charge in [-0.2, -0.15) is 0 Å². The molecule has 2 nitrogen and oxygen atoms in total. The Bertz CT molecular complexity index is 470. The molecule has 0 radical (unpaired) electrons. The number of unbranched alkanes of at least 4 members (excludes halogenated alkanes) is 1. The van der Waals surface area contributed by atoms with Crippen LogP contribution in [-0.2, 0) is 4.79 Å². The van der Waals surface area contributed by atoms with Crippen molar-refractivity contribution in [2.45, 2.75) is 39.5 Å². The summed E-state index contributed by atoms with van der Waals surface area (Å²) in [5.74, 6) is -0.727. The van der Waals surface area contributed by atoms with Crippen molar-refractivity contribution >= 4 is 18.1 Å². The number of rotatable bonds is 7. The minimum Gasteiger partial charge on any atom is -0.481 e. The highest BCUT2D eigenvalue weighted by atomic mass is 16.4. The molecule has 102 valence electrons. The largest absolute Gasteiger partial charge is 0.481 e. The highest BCUT2D eigenvalue weighted by Crippen LogP contribution is 2.16. The quantitative estimate of drug-likeness (QED) is 0.720. The number of hydrogen-bond acceptors (Lipinski definition) is 1. The van der Waals surface area contributed by atoms with Gasteiger partial charge in [0.1, 0.15) is 0 Å². The maximum Gasteiger partial charge on any atom is 0.303 e. The molecule has 0 amide bonds. The van der Waals surface area contributed by atoms with Crippen LogP contribution in [0.2, 0.25) is 0 Å². The topological polar surface area (TPSA) is 37.3 Å². The highest BCUT2D eigenvalue weighted by molar-refractivity contribution is 5.67. The van der Waals surface area contributed by atoms with E-state index >= 15 is 0 Å². The van der Waals surface area contributed by atoms with Crippen LogP contribution in [0.4, 0.5) is 0 Å². The van der Waals surface area contributed by atoms with E-state index in [9.17, 15) is 4.79 Å². The summed E-state index contributed by atoms with van der Waals surface area (Å²) in [5, 5.41) is 8.57. The number of carbonyl (C=O) groups is 1. The molecule has 0 aliphatic carbocycles. The molecule has 0 aliphatic heterocycles. The van der Waals surface area contributed by atoms with Gasteiger partial charge >= 0.3 is 5.97 Å². The van der Waals surface area contributed by atoms with Crippen molar-refractivity contribution in [1.29, 1.82) is 0 Å². The SMILES string of the molecule is CCC=Cc1cc(C)ccc1C=CCCCC(=O)O. The first-order valence-electron chi connectivity index (χ1n) is 6.79. The molecule has 0 heterocycles. The van der Waals surface area contributed by atoms with Crippen molar-refractivity contribution in [3.05, 3.63) is 47.0 Å². The number of carboxylic acid groups (broad SMARTS) is 1. The molecule has 0 aliphatic rings. The Morgan fingerprint density at radius 1 is 1.21 bits per heavy atom. The van der Waals surface area contributed by atoms with Gasteiger partial charge in [0.25, 0.3) is 0 Å². The lowest BCUT2D eigenvalue weighted by molar-refractivity contribution is -0.137.